The number of carbonyl (C=O) groups excluding carboxylic acids is 1. The van der Waals surface area contributed by atoms with Crippen LogP contribution in [-0.4, -0.2) is 23.0 Å². The van der Waals surface area contributed by atoms with Crippen LogP contribution in [0.15, 0.2) is 0 Å². The Morgan fingerprint density at radius 3 is 2.62 bits per heavy atom. The molecule has 0 saturated heterocycles. The number of rotatable bonds is 4. The first kappa shape index (κ1) is 10.0. The fraction of sp³-hybridized carbons (Fsp3) is 0.778. The number of carboxylic acid groups (broad SMARTS) is 1. The Morgan fingerprint density at radius 2 is 2.23 bits per heavy atom. The maximum Gasteiger partial charge on any atom is 0.315 e. The fourth-order valence-electron chi connectivity index (χ4n) is 1.30. The second-order valence-corrected chi connectivity index (χ2v) is 3.58. The van der Waals surface area contributed by atoms with Crippen molar-refractivity contribution in [2.45, 2.75) is 32.7 Å². The van der Waals surface area contributed by atoms with Crippen LogP contribution in [0.25, 0.3) is 0 Å². The predicted octanol–water partition coefficient (Wildman–Crippen LogP) is 0.622. The van der Waals surface area contributed by atoms with Crippen molar-refractivity contribution in [2.24, 2.45) is 11.8 Å². The van der Waals surface area contributed by atoms with Crippen molar-refractivity contribution in [3.8, 4) is 0 Å². The molecule has 1 aliphatic carbocycles. The first-order valence-corrected chi connectivity index (χ1v) is 4.59. The molecule has 1 aliphatic rings. The summed E-state index contributed by atoms with van der Waals surface area (Å²) in [5.74, 6) is -1.80. The third kappa shape index (κ3) is 2.44. The Hall–Kier alpha value is -1.06. The molecule has 1 fully saturated rings. The van der Waals surface area contributed by atoms with Crippen LogP contribution >= 0.6 is 0 Å². The van der Waals surface area contributed by atoms with Crippen LogP contribution in [0.4, 0.5) is 0 Å². The summed E-state index contributed by atoms with van der Waals surface area (Å²) in [4.78, 5) is 21.6. The van der Waals surface area contributed by atoms with E-state index in [-0.39, 0.29) is 11.9 Å². The average Bonchev–Trinajstić information content (AvgIpc) is 2.81. The van der Waals surface area contributed by atoms with E-state index >= 15 is 0 Å². The zero-order chi connectivity index (χ0) is 10.0. The quantitative estimate of drug-likeness (QED) is 0.631. The smallest absolute Gasteiger partial charge is 0.315 e. The maximum atomic E-state index is 11.2. The number of aliphatic carboxylic acids is 1. The van der Waals surface area contributed by atoms with E-state index in [1.54, 1.807) is 0 Å². The molecule has 0 spiro atoms. The fourth-order valence-corrected chi connectivity index (χ4v) is 1.30. The summed E-state index contributed by atoms with van der Waals surface area (Å²) in [6.45, 7) is 3.47. The summed E-state index contributed by atoms with van der Waals surface area (Å²) < 4.78 is 0. The summed E-state index contributed by atoms with van der Waals surface area (Å²) in [5, 5.41) is 11.3. The van der Waals surface area contributed by atoms with Crippen molar-refractivity contribution in [1.82, 2.24) is 5.32 Å². The molecule has 0 aromatic rings. The lowest BCUT2D eigenvalue weighted by Crippen LogP contribution is -2.35. The van der Waals surface area contributed by atoms with Crippen molar-refractivity contribution in [1.29, 1.82) is 0 Å². The molecular weight excluding hydrogens is 170 g/mol. The summed E-state index contributed by atoms with van der Waals surface area (Å²) in [7, 11) is 0. The lowest BCUT2D eigenvalue weighted by molar-refractivity contribution is -0.146. The standard InChI is InChI=1S/C9H15NO3/c1-3-6-4-7(6)10-8(11)5(2)9(12)13/h5-7H,3-4H2,1-2H3,(H,10,11)(H,12,13). The van der Waals surface area contributed by atoms with Crippen molar-refractivity contribution in [3.63, 3.8) is 0 Å². The van der Waals surface area contributed by atoms with E-state index in [1.807, 2.05) is 0 Å². The molecule has 0 aliphatic heterocycles. The minimum atomic E-state index is -1.06. The van der Waals surface area contributed by atoms with E-state index in [9.17, 15) is 9.59 Å². The molecule has 74 valence electrons. The molecule has 0 aromatic heterocycles. The Kier molecular flexibility index (Phi) is 2.90. The Labute approximate surface area is 77.3 Å². The van der Waals surface area contributed by atoms with Gasteiger partial charge in [-0.2, -0.15) is 0 Å². The number of amides is 1. The number of nitrogens with one attached hydrogen (secondary N) is 1. The highest BCUT2D eigenvalue weighted by Crippen LogP contribution is 2.33. The van der Waals surface area contributed by atoms with Crippen molar-refractivity contribution < 1.29 is 14.7 Å². The highest BCUT2D eigenvalue weighted by atomic mass is 16.4. The molecule has 1 saturated carbocycles. The predicted molar refractivity (Wildman–Crippen MR) is 47.1 cm³/mol. The summed E-state index contributed by atoms with van der Waals surface area (Å²) in [6.07, 6.45) is 2.04. The lowest BCUT2D eigenvalue weighted by atomic mass is 10.1. The molecule has 0 aromatic carbocycles. The van der Waals surface area contributed by atoms with Crippen molar-refractivity contribution in [2.75, 3.05) is 0 Å². The van der Waals surface area contributed by atoms with Crippen molar-refractivity contribution >= 4 is 11.9 Å². The highest BCUT2D eigenvalue weighted by Gasteiger charge is 2.37. The molecule has 0 bridgehead atoms. The van der Waals surface area contributed by atoms with Crippen LogP contribution in [-0.2, 0) is 9.59 Å². The molecule has 0 heterocycles. The van der Waals surface area contributed by atoms with E-state index in [1.165, 1.54) is 6.92 Å². The zero-order valence-electron chi connectivity index (χ0n) is 7.91. The molecular formula is C9H15NO3. The van der Waals surface area contributed by atoms with Crippen LogP contribution in [0.1, 0.15) is 26.7 Å². The van der Waals surface area contributed by atoms with Crippen LogP contribution in [0.2, 0.25) is 0 Å². The van der Waals surface area contributed by atoms with Gasteiger partial charge in [-0.3, -0.25) is 9.59 Å². The normalized spacial score (nSPS) is 27.8. The first-order valence-electron chi connectivity index (χ1n) is 4.59. The molecule has 4 nitrogen and oxygen atoms in total. The molecule has 3 atom stereocenters. The van der Waals surface area contributed by atoms with Crippen LogP contribution in [0.3, 0.4) is 0 Å². The van der Waals surface area contributed by atoms with Crippen LogP contribution in [0.5, 0.6) is 0 Å². The molecule has 1 amide bonds. The topological polar surface area (TPSA) is 66.4 Å². The van der Waals surface area contributed by atoms with Gasteiger partial charge in [0.2, 0.25) is 5.91 Å². The van der Waals surface area contributed by atoms with E-state index in [2.05, 4.69) is 12.2 Å². The van der Waals surface area contributed by atoms with Gasteiger partial charge in [-0.05, 0) is 19.3 Å². The second kappa shape index (κ2) is 3.77. The van der Waals surface area contributed by atoms with Gasteiger partial charge in [-0.25, -0.2) is 0 Å². The summed E-state index contributed by atoms with van der Waals surface area (Å²) in [6, 6.07) is 0.222. The van der Waals surface area contributed by atoms with Gasteiger partial charge in [0.15, 0.2) is 0 Å². The van der Waals surface area contributed by atoms with Gasteiger partial charge in [0.25, 0.3) is 0 Å². The molecule has 3 unspecified atom stereocenters. The summed E-state index contributed by atoms with van der Waals surface area (Å²) in [5.41, 5.74) is 0. The maximum absolute atomic E-state index is 11.2. The summed E-state index contributed by atoms with van der Waals surface area (Å²) >= 11 is 0. The van der Waals surface area contributed by atoms with Gasteiger partial charge in [0.05, 0.1) is 0 Å². The minimum absolute atomic E-state index is 0.222. The SMILES string of the molecule is CCC1CC1NC(=O)C(C)C(=O)O. The molecule has 13 heavy (non-hydrogen) atoms. The van der Waals surface area contributed by atoms with Crippen LogP contribution < -0.4 is 5.32 Å². The lowest BCUT2D eigenvalue weighted by Gasteiger charge is -2.07. The monoisotopic (exact) mass is 185 g/mol. The Morgan fingerprint density at radius 1 is 1.62 bits per heavy atom. The van der Waals surface area contributed by atoms with E-state index < -0.39 is 11.9 Å². The zero-order valence-corrected chi connectivity index (χ0v) is 7.91. The van der Waals surface area contributed by atoms with Gasteiger partial charge in [-0.15, -0.1) is 0 Å². The third-order valence-electron chi connectivity index (χ3n) is 2.54. The number of carbonyl (C=O) groups is 2. The van der Waals surface area contributed by atoms with Crippen LogP contribution in [0, 0.1) is 11.8 Å². The molecule has 1 rings (SSSR count). The largest absolute Gasteiger partial charge is 0.481 e. The Bertz CT molecular complexity index is 227. The van der Waals surface area contributed by atoms with E-state index in [0.29, 0.717) is 5.92 Å². The van der Waals surface area contributed by atoms with Gasteiger partial charge >= 0.3 is 5.97 Å². The van der Waals surface area contributed by atoms with Gasteiger partial charge in [-0.1, -0.05) is 13.3 Å². The highest BCUT2D eigenvalue weighted by molar-refractivity contribution is 5.96. The number of hydrogen-bond donors (Lipinski definition) is 2. The van der Waals surface area contributed by atoms with Gasteiger partial charge < -0.3 is 10.4 Å². The first-order chi connectivity index (χ1) is 6.06. The molecule has 2 N–H and O–H groups in total. The third-order valence-corrected chi connectivity index (χ3v) is 2.54. The molecule has 4 heteroatoms. The minimum Gasteiger partial charge on any atom is -0.481 e. The average molecular weight is 185 g/mol. The van der Waals surface area contributed by atoms with E-state index in [0.717, 1.165) is 12.8 Å². The van der Waals surface area contributed by atoms with Gasteiger partial charge in [0.1, 0.15) is 5.92 Å². The van der Waals surface area contributed by atoms with Gasteiger partial charge in [0, 0.05) is 6.04 Å². The van der Waals surface area contributed by atoms with Crippen molar-refractivity contribution in [3.05, 3.63) is 0 Å². The number of carboxylic acids is 1. The number of hydrogen-bond acceptors (Lipinski definition) is 2. The van der Waals surface area contributed by atoms with E-state index in [4.69, 9.17) is 5.11 Å². The molecule has 0 radical (unpaired) electrons. The Balaban J connectivity index is 2.30. The second-order valence-electron chi connectivity index (χ2n) is 3.58.